The Kier molecular flexibility index (Phi) is 6.73. The Morgan fingerprint density at radius 1 is 1.28 bits per heavy atom. The van der Waals surface area contributed by atoms with Crippen molar-refractivity contribution in [3.05, 3.63) is 24.0 Å². The highest BCUT2D eigenvalue weighted by molar-refractivity contribution is 5.26. The summed E-state index contributed by atoms with van der Waals surface area (Å²) in [7, 11) is 2.00. The highest BCUT2D eigenvalue weighted by Crippen LogP contribution is 2.23. The predicted octanol–water partition coefficient (Wildman–Crippen LogP) is 3.57. The fourth-order valence-electron chi connectivity index (χ4n) is 1.90. The Morgan fingerprint density at radius 2 is 2.06 bits per heavy atom. The molecule has 0 radical (unpaired) electrons. The molecule has 1 heterocycles. The summed E-state index contributed by atoms with van der Waals surface area (Å²) in [5.74, 6) is 1.60. The molecule has 3 heteroatoms. The lowest BCUT2D eigenvalue weighted by Crippen LogP contribution is -2.17. The Balaban J connectivity index is 2.66. The highest BCUT2D eigenvalue weighted by Gasteiger charge is 2.11. The molecule has 0 fully saturated rings. The van der Waals surface area contributed by atoms with Gasteiger partial charge in [-0.05, 0) is 43.9 Å². The maximum Gasteiger partial charge on any atom is 0.137 e. The second-order valence-corrected chi connectivity index (χ2v) is 5.11. The van der Waals surface area contributed by atoms with Crippen LogP contribution in [-0.2, 0) is 0 Å². The lowest BCUT2D eigenvalue weighted by Gasteiger charge is -2.18. The first-order valence-electron chi connectivity index (χ1n) is 6.92. The topological polar surface area (TPSA) is 34.1 Å². The van der Waals surface area contributed by atoms with Crippen molar-refractivity contribution in [1.29, 1.82) is 0 Å². The number of rotatable bonds is 8. The Bertz CT molecular complexity index is 339. The normalized spacial score (nSPS) is 12.7. The third-order valence-corrected chi connectivity index (χ3v) is 2.99. The zero-order chi connectivity index (χ0) is 13.4. The fourth-order valence-corrected chi connectivity index (χ4v) is 1.90. The average Bonchev–Trinajstić information content (AvgIpc) is 2.37. The number of hydrogen-bond acceptors (Lipinski definition) is 3. The van der Waals surface area contributed by atoms with E-state index in [4.69, 9.17) is 4.74 Å². The van der Waals surface area contributed by atoms with E-state index in [0.29, 0.717) is 6.04 Å². The van der Waals surface area contributed by atoms with Crippen LogP contribution in [-0.4, -0.2) is 18.6 Å². The van der Waals surface area contributed by atoms with Crippen LogP contribution in [0.3, 0.4) is 0 Å². The molecular formula is C15H26N2O. The summed E-state index contributed by atoms with van der Waals surface area (Å²) in [5, 5.41) is 3.36. The summed E-state index contributed by atoms with van der Waals surface area (Å²) in [5.41, 5.74) is 1.21. The first kappa shape index (κ1) is 15.0. The van der Waals surface area contributed by atoms with E-state index in [0.717, 1.165) is 31.1 Å². The van der Waals surface area contributed by atoms with E-state index in [1.165, 1.54) is 12.0 Å². The molecule has 1 rings (SSSR count). The van der Waals surface area contributed by atoms with Crippen molar-refractivity contribution in [3.63, 3.8) is 0 Å². The summed E-state index contributed by atoms with van der Waals surface area (Å²) in [6.07, 6.45) is 7.08. The molecule has 0 bridgehead atoms. The molecule has 0 saturated carbocycles. The lowest BCUT2D eigenvalue weighted by molar-refractivity contribution is 0.315. The van der Waals surface area contributed by atoms with Gasteiger partial charge in [-0.15, -0.1) is 0 Å². The number of nitrogens with zero attached hydrogens (tertiary/aromatic N) is 1. The summed E-state index contributed by atoms with van der Waals surface area (Å²) in [6.45, 7) is 7.37. The van der Waals surface area contributed by atoms with Crippen LogP contribution in [0.5, 0.6) is 5.75 Å². The van der Waals surface area contributed by atoms with Crippen molar-refractivity contribution < 1.29 is 4.74 Å². The van der Waals surface area contributed by atoms with E-state index < -0.39 is 0 Å². The Labute approximate surface area is 111 Å². The minimum Gasteiger partial charge on any atom is -0.492 e. The van der Waals surface area contributed by atoms with Crippen LogP contribution in [0, 0.1) is 5.92 Å². The van der Waals surface area contributed by atoms with Crippen molar-refractivity contribution >= 4 is 0 Å². The van der Waals surface area contributed by atoms with E-state index >= 15 is 0 Å². The van der Waals surface area contributed by atoms with Gasteiger partial charge in [0.1, 0.15) is 5.75 Å². The maximum atomic E-state index is 5.63. The predicted molar refractivity (Wildman–Crippen MR) is 75.9 cm³/mol. The summed E-state index contributed by atoms with van der Waals surface area (Å²) in [6, 6.07) is 2.47. The molecular weight excluding hydrogens is 224 g/mol. The lowest BCUT2D eigenvalue weighted by atomic mass is 9.99. The van der Waals surface area contributed by atoms with Crippen molar-refractivity contribution in [1.82, 2.24) is 10.3 Å². The van der Waals surface area contributed by atoms with E-state index in [2.05, 4.69) is 37.1 Å². The fraction of sp³-hybridized carbons (Fsp3) is 0.667. The third kappa shape index (κ3) is 5.05. The molecule has 18 heavy (non-hydrogen) atoms. The number of hydrogen-bond donors (Lipinski definition) is 1. The van der Waals surface area contributed by atoms with Gasteiger partial charge in [-0.1, -0.05) is 20.8 Å². The van der Waals surface area contributed by atoms with Crippen molar-refractivity contribution in [3.8, 4) is 5.75 Å². The molecule has 0 aliphatic carbocycles. The molecule has 1 aromatic rings. The van der Waals surface area contributed by atoms with Gasteiger partial charge in [-0.3, -0.25) is 4.98 Å². The van der Waals surface area contributed by atoms with Gasteiger partial charge in [0.25, 0.3) is 0 Å². The second kappa shape index (κ2) is 8.09. The molecule has 1 atom stereocenters. The Morgan fingerprint density at radius 3 is 2.67 bits per heavy atom. The largest absolute Gasteiger partial charge is 0.492 e. The maximum absolute atomic E-state index is 5.63. The van der Waals surface area contributed by atoms with Crippen LogP contribution in [0.25, 0.3) is 0 Å². The van der Waals surface area contributed by atoms with Crippen LogP contribution in [0.1, 0.15) is 51.6 Å². The van der Waals surface area contributed by atoms with Gasteiger partial charge in [0, 0.05) is 12.2 Å². The van der Waals surface area contributed by atoms with E-state index in [-0.39, 0.29) is 0 Å². The van der Waals surface area contributed by atoms with Crippen LogP contribution in [0.4, 0.5) is 0 Å². The van der Waals surface area contributed by atoms with Gasteiger partial charge in [0.15, 0.2) is 0 Å². The summed E-state index contributed by atoms with van der Waals surface area (Å²) in [4.78, 5) is 4.27. The van der Waals surface area contributed by atoms with Gasteiger partial charge >= 0.3 is 0 Å². The molecule has 1 unspecified atom stereocenters. The number of ether oxygens (including phenoxy) is 1. The van der Waals surface area contributed by atoms with E-state index in [9.17, 15) is 0 Å². The SMILES string of the molecule is CCCOc1cncc(C(CCC(C)C)NC)c1. The van der Waals surface area contributed by atoms with E-state index in [1.54, 1.807) is 6.20 Å². The Hall–Kier alpha value is -1.09. The quantitative estimate of drug-likeness (QED) is 0.766. The van der Waals surface area contributed by atoms with Crippen LogP contribution < -0.4 is 10.1 Å². The molecule has 0 aliphatic rings. The molecule has 102 valence electrons. The third-order valence-electron chi connectivity index (χ3n) is 2.99. The molecule has 0 aromatic carbocycles. The first-order chi connectivity index (χ1) is 8.67. The van der Waals surface area contributed by atoms with Crippen molar-refractivity contribution in [2.45, 2.75) is 46.1 Å². The van der Waals surface area contributed by atoms with Crippen LogP contribution in [0.2, 0.25) is 0 Å². The van der Waals surface area contributed by atoms with Gasteiger partial charge in [0.2, 0.25) is 0 Å². The highest BCUT2D eigenvalue weighted by atomic mass is 16.5. The minimum atomic E-state index is 0.366. The molecule has 0 saturated heterocycles. The molecule has 0 aliphatic heterocycles. The van der Waals surface area contributed by atoms with Gasteiger partial charge in [0.05, 0.1) is 12.8 Å². The van der Waals surface area contributed by atoms with Crippen molar-refractivity contribution in [2.24, 2.45) is 5.92 Å². The molecule has 3 nitrogen and oxygen atoms in total. The molecule has 1 aromatic heterocycles. The standard InChI is InChI=1S/C15H26N2O/c1-5-8-18-14-9-13(10-17-11-14)15(16-4)7-6-12(2)3/h9-12,15-16H,5-8H2,1-4H3. The first-order valence-corrected chi connectivity index (χ1v) is 6.92. The van der Waals surface area contributed by atoms with Gasteiger partial charge in [-0.2, -0.15) is 0 Å². The monoisotopic (exact) mass is 250 g/mol. The zero-order valence-electron chi connectivity index (χ0n) is 12.1. The minimum absolute atomic E-state index is 0.366. The van der Waals surface area contributed by atoms with Crippen LogP contribution in [0.15, 0.2) is 18.5 Å². The average molecular weight is 250 g/mol. The number of nitrogens with one attached hydrogen (secondary N) is 1. The van der Waals surface area contributed by atoms with Crippen LogP contribution >= 0.6 is 0 Å². The zero-order valence-corrected chi connectivity index (χ0v) is 12.1. The molecule has 0 amide bonds. The number of aromatic nitrogens is 1. The number of pyridine rings is 1. The molecule has 0 spiro atoms. The van der Waals surface area contributed by atoms with E-state index in [1.807, 2.05) is 13.2 Å². The van der Waals surface area contributed by atoms with Gasteiger partial charge < -0.3 is 10.1 Å². The second-order valence-electron chi connectivity index (χ2n) is 5.11. The van der Waals surface area contributed by atoms with Crippen molar-refractivity contribution in [2.75, 3.05) is 13.7 Å². The smallest absolute Gasteiger partial charge is 0.137 e. The summed E-state index contributed by atoms with van der Waals surface area (Å²) < 4.78 is 5.63. The molecule has 1 N–H and O–H groups in total. The van der Waals surface area contributed by atoms with Gasteiger partial charge in [-0.25, -0.2) is 0 Å². The summed E-state index contributed by atoms with van der Waals surface area (Å²) >= 11 is 0.